The van der Waals surface area contributed by atoms with E-state index in [4.69, 9.17) is 16.3 Å². The van der Waals surface area contributed by atoms with Crippen molar-refractivity contribution in [2.75, 3.05) is 13.7 Å². The van der Waals surface area contributed by atoms with Gasteiger partial charge in [0.15, 0.2) is 0 Å². The molecule has 0 radical (unpaired) electrons. The van der Waals surface area contributed by atoms with E-state index in [2.05, 4.69) is 25.2 Å². The molecule has 0 aromatic heterocycles. The van der Waals surface area contributed by atoms with Crippen LogP contribution < -0.4 is 10.1 Å². The minimum Gasteiger partial charge on any atom is -0.495 e. The zero-order chi connectivity index (χ0) is 13.8. The molecule has 1 saturated heterocycles. The van der Waals surface area contributed by atoms with Gasteiger partial charge < -0.3 is 10.1 Å². The lowest BCUT2D eigenvalue weighted by atomic mass is 9.93. The van der Waals surface area contributed by atoms with Gasteiger partial charge in [-0.3, -0.25) is 0 Å². The summed E-state index contributed by atoms with van der Waals surface area (Å²) in [5.74, 6) is 1.33. The van der Waals surface area contributed by atoms with Crippen LogP contribution in [0.25, 0.3) is 0 Å². The van der Waals surface area contributed by atoms with E-state index in [1.165, 1.54) is 30.4 Å². The number of nitrogens with one attached hydrogen (secondary N) is 1. The van der Waals surface area contributed by atoms with E-state index in [9.17, 15) is 0 Å². The van der Waals surface area contributed by atoms with Crippen molar-refractivity contribution in [1.82, 2.24) is 5.32 Å². The number of methoxy groups -OCH3 is 1. The molecular formula is C16H24ClNO. The van der Waals surface area contributed by atoms with Crippen molar-refractivity contribution < 1.29 is 4.74 Å². The highest BCUT2D eigenvalue weighted by molar-refractivity contribution is 6.32. The van der Waals surface area contributed by atoms with Gasteiger partial charge in [0.25, 0.3) is 0 Å². The fraction of sp³-hybridized carbons (Fsp3) is 0.625. The highest BCUT2D eigenvalue weighted by Crippen LogP contribution is 2.34. The van der Waals surface area contributed by atoms with Crippen molar-refractivity contribution in [3.05, 3.63) is 28.3 Å². The third-order valence-electron chi connectivity index (χ3n) is 3.89. The Morgan fingerprint density at radius 2 is 2.16 bits per heavy atom. The molecule has 1 aromatic rings. The standard InChI is InChI=1S/C16H24ClNO/c1-11(2)12-8-13(16(19-3)15(17)10-12)9-14-6-4-5-7-18-14/h8,10-11,14,18H,4-7,9H2,1-3H3. The summed E-state index contributed by atoms with van der Waals surface area (Å²) in [4.78, 5) is 0. The first-order valence-corrected chi connectivity index (χ1v) is 7.59. The Kier molecular flexibility index (Phi) is 5.12. The topological polar surface area (TPSA) is 21.3 Å². The van der Waals surface area contributed by atoms with Crippen LogP contribution in [0.2, 0.25) is 5.02 Å². The summed E-state index contributed by atoms with van der Waals surface area (Å²) in [7, 11) is 1.70. The molecule has 1 heterocycles. The minimum atomic E-state index is 0.487. The molecule has 1 aromatic carbocycles. The third-order valence-corrected chi connectivity index (χ3v) is 4.17. The second-order valence-corrected chi connectivity index (χ2v) is 6.11. The monoisotopic (exact) mass is 281 g/mol. The van der Waals surface area contributed by atoms with Crippen LogP contribution >= 0.6 is 11.6 Å². The van der Waals surface area contributed by atoms with E-state index in [1.807, 2.05) is 6.07 Å². The molecule has 1 atom stereocenters. The van der Waals surface area contributed by atoms with Crippen molar-refractivity contribution in [3.63, 3.8) is 0 Å². The molecule has 1 fully saturated rings. The van der Waals surface area contributed by atoms with Crippen molar-refractivity contribution in [3.8, 4) is 5.75 Å². The molecule has 1 aliphatic rings. The number of piperidine rings is 1. The van der Waals surface area contributed by atoms with Crippen LogP contribution in [0.4, 0.5) is 0 Å². The smallest absolute Gasteiger partial charge is 0.140 e. The molecule has 0 bridgehead atoms. The summed E-state index contributed by atoms with van der Waals surface area (Å²) in [5.41, 5.74) is 2.52. The van der Waals surface area contributed by atoms with Gasteiger partial charge in [0.05, 0.1) is 12.1 Å². The summed E-state index contributed by atoms with van der Waals surface area (Å²) in [5, 5.41) is 4.32. The summed E-state index contributed by atoms with van der Waals surface area (Å²) in [6, 6.07) is 4.84. The van der Waals surface area contributed by atoms with Crippen molar-refractivity contribution in [1.29, 1.82) is 0 Å². The maximum absolute atomic E-state index is 6.35. The van der Waals surface area contributed by atoms with Crippen molar-refractivity contribution in [2.45, 2.75) is 51.5 Å². The Morgan fingerprint density at radius 3 is 2.74 bits per heavy atom. The second kappa shape index (κ2) is 6.62. The molecule has 2 nitrogen and oxygen atoms in total. The first kappa shape index (κ1) is 14.7. The van der Waals surface area contributed by atoms with Crippen LogP contribution in [-0.4, -0.2) is 19.7 Å². The van der Waals surface area contributed by atoms with Gasteiger partial charge in [-0.1, -0.05) is 37.9 Å². The molecule has 0 spiro atoms. The number of hydrogen-bond donors (Lipinski definition) is 1. The van der Waals surface area contributed by atoms with Crippen LogP contribution in [0.15, 0.2) is 12.1 Å². The highest BCUT2D eigenvalue weighted by atomic mass is 35.5. The molecule has 1 N–H and O–H groups in total. The zero-order valence-electron chi connectivity index (χ0n) is 12.1. The predicted octanol–water partition coefficient (Wildman–Crippen LogP) is 4.16. The van der Waals surface area contributed by atoms with E-state index in [0.717, 1.165) is 23.7 Å². The van der Waals surface area contributed by atoms with Crippen LogP contribution in [0, 0.1) is 0 Å². The fourth-order valence-electron chi connectivity index (χ4n) is 2.75. The van der Waals surface area contributed by atoms with Gasteiger partial charge in [-0.25, -0.2) is 0 Å². The Labute approximate surface area is 121 Å². The fourth-order valence-corrected chi connectivity index (χ4v) is 3.08. The lowest BCUT2D eigenvalue weighted by molar-refractivity contribution is 0.381. The average molecular weight is 282 g/mol. The molecule has 0 aliphatic carbocycles. The predicted molar refractivity (Wildman–Crippen MR) is 81.4 cm³/mol. The average Bonchev–Trinajstić information content (AvgIpc) is 2.39. The second-order valence-electron chi connectivity index (χ2n) is 5.70. The minimum absolute atomic E-state index is 0.487. The maximum atomic E-state index is 6.35. The highest BCUT2D eigenvalue weighted by Gasteiger charge is 2.18. The molecule has 3 heteroatoms. The number of rotatable bonds is 4. The van der Waals surface area contributed by atoms with Gasteiger partial charge in [0.2, 0.25) is 0 Å². The van der Waals surface area contributed by atoms with Crippen LogP contribution in [0.5, 0.6) is 5.75 Å². The summed E-state index contributed by atoms with van der Waals surface area (Å²) < 4.78 is 5.49. The van der Waals surface area contributed by atoms with Gasteiger partial charge in [-0.15, -0.1) is 0 Å². The number of hydrogen-bond acceptors (Lipinski definition) is 2. The quantitative estimate of drug-likeness (QED) is 0.895. The maximum Gasteiger partial charge on any atom is 0.140 e. The summed E-state index contributed by atoms with van der Waals surface area (Å²) in [6.45, 7) is 5.52. The normalized spacial score (nSPS) is 19.7. The van der Waals surface area contributed by atoms with E-state index >= 15 is 0 Å². The number of halogens is 1. The molecule has 19 heavy (non-hydrogen) atoms. The summed E-state index contributed by atoms with van der Waals surface area (Å²) in [6.07, 6.45) is 4.86. The van der Waals surface area contributed by atoms with Gasteiger partial charge in [-0.2, -0.15) is 0 Å². The Bertz CT molecular complexity index is 425. The molecule has 1 unspecified atom stereocenters. The van der Waals surface area contributed by atoms with Crippen LogP contribution in [0.1, 0.15) is 50.2 Å². The van der Waals surface area contributed by atoms with Gasteiger partial charge in [0, 0.05) is 6.04 Å². The first-order valence-electron chi connectivity index (χ1n) is 7.21. The van der Waals surface area contributed by atoms with E-state index in [1.54, 1.807) is 7.11 Å². The molecule has 0 amide bonds. The molecular weight excluding hydrogens is 258 g/mol. The lowest BCUT2D eigenvalue weighted by Gasteiger charge is -2.25. The van der Waals surface area contributed by atoms with E-state index < -0.39 is 0 Å². The third kappa shape index (κ3) is 3.64. The van der Waals surface area contributed by atoms with E-state index in [-0.39, 0.29) is 0 Å². The van der Waals surface area contributed by atoms with Gasteiger partial charge >= 0.3 is 0 Å². The van der Waals surface area contributed by atoms with Gasteiger partial charge in [-0.05, 0) is 48.9 Å². The Hall–Kier alpha value is -0.730. The number of benzene rings is 1. The molecule has 0 saturated carbocycles. The van der Waals surface area contributed by atoms with Crippen molar-refractivity contribution >= 4 is 11.6 Å². The molecule has 2 rings (SSSR count). The SMILES string of the molecule is COc1c(Cl)cc(C(C)C)cc1CC1CCCCN1. The first-order chi connectivity index (χ1) is 9.11. The van der Waals surface area contributed by atoms with Gasteiger partial charge in [0.1, 0.15) is 5.75 Å². The van der Waals surface area contributed by atoms with Crippen LogP contribution in [-0.2, 0) is 6.42 Å². The Morgan fingerprint density at radius 1 is 1.37 bits per heavy atom. The largest absolute Gasteiger partial charge is 0.495 e. The summed E-state index contributed by atoms with van der Waals surface area (Å²) >= 11 is 6.35. The Balaban J connectivity index is 2.25. The van der Waals surface area contributed by atoms with Crippen molar-refractivity contribution in [2.24, 2.45) is 0 Å². The molecule has 106 valence electrons. The van der Waals surface area contributed by atoms with E-state index in [0.29, 0.717) is 12.0 Å². The molecule has 1 aliphatic heterocycles. The lowest BCUT2D eigenvalue weighted by Crippen LogP contribution is -2.35. The van der Waals surface area contributed by atoms with Crippen LogP contribution in [0.3, 0.4) is 0 Å². The zero-order valence-corrected chi connectivity index (χ0v) is 12.9. The number of ether oxygens (including phenoxy) is 1.